The van der Waals surface area contributed by atoms with Gasteiger partial charge in [0.25, 0.3) is 0 Å². The summed E-state index contributed by atoms with van der Waals surface area (Å²) in [6, 6.07) is 7.60. The Morgan fingerprint density at radius 1 is 1.18 bits per heavy atom. The number of carbonyl (C=O) groups is 1. The van der Waals surface area contributed by atoms with Crippen LogP contribution in [0.2, 0.25) is 5.02 Å². The van der Waals surface area contributed by atoms with Crippen molar-refractivity contribution < 1.29 is 9.18 Å². The van der Waals surface area contributed by atoms with Crippen LogP contribution in [-0.2, 0) is 11.2 Å². The molecule has 1 aromatic rings. The van der Waals surface area contributed by atoms with Gasteiger partial charge in [-0.1, -0.05) is 23.7 Å². The monoisotopic (exact) mass is 254 g/mol. The summed E-state index contributed by atoms with van der Waals surface area (Å²) in [5.41, 5.74) is 1.13. The van der Waals surface area contributed by atoms with Crippen molar-refractivity contribution in [3.8, 4) is 0 Å². The summed E-state index contributed by atoms with van der Waals surface area (Å²) in [5.74, 6) is 0.280. The minimum Gasteiger partial charge on any atom is -0.299 e. The van der Waals surface area contributed by atoms with Crippen molar-refractivity contribution in [3.63, 3.8) is 0 Å². The topological polar surface area (TPSA) is 17.1 Å². The van der Waals surface area contributed by atoms with Gasteiger partial charge in [0.1, 0.15) is 5.78 Å². The van der Waals surface area contributed by atoms with E-state index in [-0.39, 0.29) is 24.3 Å². The summed E-state index contributed by atoms with van der Waals surface area (Å²) >= 11 is 5.81. The molecule has 1 aromatic carbocycles. The predicted octanol–water partition coefficient (Wildman–Crippen LogP) is 3.84. The average Bonchev–Trinajstić information content (AvgIpc) is 2.65. The molecule has 1 saturated carbocycles. The number of hydrogen-bond donors (Lipinski definition) is 0. The van der Waals surface area contributed by atoms with E-state index in [1.165, 1.54) is 0 Å². The Kier molecular flexibility index (Phi) is 4.16. The molecule has 2 rings (SSSR count). The second-order valence-electron chi connectivity index (χ2n) is 4.68. The zero-order valence-electron chi connectivity index (χ0n) is 9.66. The second kappa shape index (κ2) is 5.63. The number of ketones is 1. The normalized spacial score (nSPS) is 24.2. The van der Waals surface area contributed by atoms with Crippen molar-refractivity contribution in [1.82, 2.24) is 0 Å². The van der Waals surface area contributed by atoms with Gasteiger partial charge in [-0.25, -0.2) is 0 Å². The van der Waals surface area contributed by atoms with Crippen LogP contribution in [0, 0.1) is 11.8 Å². The molecule has 0 N–H and O–H groups in total. The lowest BCUT2D eigenvalue weighted by Gasteiger charge is -2.09. The fourth-order valence-electron chi connectivity index (χ4n) is 2.55. The van der Waals surface area contributed by atoms with Gasteiger partial charge in [-0.05, 0) is 43.4 Å². The van der Waals surface area contributed by atoms with Crippen molar-refractivity contribution in [2.45, 2.75) is 25.7 Å². The number of alkyl halides is 1. The highest BCUT2D eigenvalue weighted by Crippen LogP contribution is 2.32. The largest absolute Gasteiger partial charge is 0.299 e. The molecule has 1 aliphatic carbocycles. The van der Waals surface area contributed by atoms with Crippen molar-refractivity contribution >= 4 is 17.4 Å². The molecule has 0 bridgehead atoms. The maximum atomic E-state index is 12.2. The van der Waals surface area contributed by atoms with E-state index < -0.39 is 0 Å². The number of rotatable bonds is 4. The van der Waals surface area contributed by atoms with Crippen LogP contribution in [0.15, 0.2) is 24.3 Å². The molecule has 2 atom stereocenters. The highest BCUT2D eigenvalue weighted by atomic mass is 35.5. The first-order chi connectivity index (χ1) is 8.20. The molecular formula is C14H16ClFO. The first kappa shape index (κ1) is 12.6. The van der Waals surface area contributed by atoms with Crippen LogP contribution in [-0.4, -0.2) is 12.5 Å². The van der Waals surface area contributed by atoms with E-state index in [1.54, 1.807) is 0 Å². The lowest BCUT2D eigenvalue weighted by molar-refractivity contribution is -0.124. The van der Waals surface area contributed by atoms with Gasteiger partial charge in [0.2, 0.25) is 0 Å². The van der Waals surface area contributed by atoms with Gasteiger partial charge in [-0.3, -0.25) is 9.18 Å². The number of halogens is 2. The minimum absolute atomic E-state index is 0.0442. The Bertz CT molecular complexity index is 388. The molecule has 0 heterocycles. The molecular weight excluding hydrogens is 239 g/mol. The molecule has 3 heteroatoms. The molecule has 1 nitrogen and oxygen atoms in total. The fourth-order valence-corrected chi connectivity index (χ4v) is 2.67. The quantitative estimate of drug-likeness (QED) is 0.798. The molecule has 1 fully saturated rings. The van der Waals surface area contributed by atoms with Gasteiger partial charge in [0, 0.05) is 16.9 Å². The van der Waals surface area contributed by atoms with E-state index in [0.717, 1.165) is 24.8 Å². The Labute approximate surface area is 106 Å². The van der Waals surface area contributed by atoms with E-state index in [4.69, 9.17) is 11.6 Å². The van der Waals surface area contributed by atoms with Crippen LogP contribution in [0.3, 0.4) is 0 Å². The van der Waals surface area contributed by atoms with E-state index in [9.17, 15) is 9.18 Å². The van der Waals surface area contributed by atoms with Crippen LogP contribution in [0.1, 0.15) is 24.8 Å². The van der Waals surface area contributed by atoms with Crippen LogP contribution in [0.25, 0.3) is 0 Å². The summed E-state index contributed by atoms with van der Waals surface area (Å²) in [6.45, 7) is -0.385. The van der Waals surface area contributed by atoms with E-state index in [2.05, 4.69) is 0 Å². The van der Waals surface area contributed by atoms with Gasteiger partial charge in [0.15, 0.2) is 0 Å². The number of Topliss-reactive ketones (excluding diaryl/α,β-unsaturated/α-hetero) is 1. The molecule has 0 aromatic heterocycles. The summed E-state index contributed by atoms with van der Waals surface area (Å²) in [4.78, 5) is 12.0. The number of benzene rings is 1. The lowest BCUT2D eigenvalue weighted by atomic mass is 9.94. The molecule has 0 saturated heterocycles. The third-order valence-corrected chi connectivity index (χ3v) is 3.77. The number of hydrogen-bond acceptors (Lipinski definition) is 1. The molecule has 0 radical (unpaired) electrons. The third-order valence-electron chi connectivity index (χ3n) is 3.52. The Hall–Kier alpha value is -0.890. The zero-order chi connectivity index (χ0) is 12.3. The fraction of sp³-hybridized carbons (Fsp3) is 0.500. The van der Waals surface area contributed by atoms with Gasteiger partial charge in [-0.15, -0.1) is 0 Å². The maximum absolute atomic E-state index is 12.2. The summed E-state index contributed by atoms with van der Waals surface area (Å²) < 4.78 is 12.2. The van der Waals surface area contributed by atoms with Crippen molar-refractivity contribution in [3.05, 3.63) is 34.9 Å². The van der Waals surface area contributed by atoms with Crippen LogP contribution < -0.4 is 0 Å². The molecule has 92 valence electrons. The minimum atomic E-state index is -0.385. The summed E-state index contributed by atoms with van der Waals surface area (Å²) in [7, 11) is 0. The van der Waals surface area contributed by atoms with Crippen LogP contribution >= 0.6 is 11.6 Å². The lowest BCUT2D eigenvalue weighted by Crippen LogP contribution is -2.16. The average molecular weight is 255 g/mol. The molecule has 0 aliphatic heterocycles. The van der Waals surface area contributed by atoms with Crippen molar-refractivity contribution in [2.24, 2.45) is 11.8 Å². The number of carbonyl (C=O) groups excluding carboxylic acids is 1. The summed E-state index contributed by atoms with van der Waals surface area (Å²) in [6.07, 6.45) is 2.90. The van der Waals surface area contributed by atoms with Gasteiger partial charge in [-0.2, -0.15) is 0 Å². The second-order valence-corrected chi connectivity index (χ2v) is 5.12. The van der Waals surface area contributed by atoms with E-state index >= 15 is 0 Å². The van der Waals surface area contributed by atoms with Crippen LogP contribution in [0.4, 0.5) is 4.39 Å². The Morgan fingerprint density at radius 2 is 1.82 bits per heavy atom. The standard InChI is InChI=1S/C14H16ClFO/c15-13-5-1-10(2-6-13)9-12-4-3-11(7-8-16)14(12)17/h1-2,5-6,11-12H,3-4,7-9H2. The maximum Gasteiger partial charge on any atom is 0.139 e. The van der Waals surface area contributed by atoms with E-state index in [1.807, 2.05) is 24.3 Å². The SMILES string of the molecule is O=C1C(CCF)CCC1Cc1ccc(Cl)cc1. The smallest absolute Gasteiger partial charge is 0.139 e. The molecule has 1 aliphatic rings. The Morgan fingerprint density at radius 3 is 2.47 bits per heavy atom. The molecule has 0 amide bonds. The predicted molar refractivity (Wildman–Crippen MR) is 67.0 cm³/mol. The molecule has 17 heavy (non-hydrogen) atoms. The van der Waals surface area contributed by atoms with E-state index in [0.29, 0.717) is 11.4 Å². The summed E-state index contributed by atoms with van der Waals surface area (Å²) in [5, 5.41) is 0.710. The Balaban J connectivity index is 1.96. The van der Waals surface area contributed by atoms with Gasteiger partial charge < -0.3 is 0 Å². The van der Waals surface area contributed by atoms with Gasteiger partial charge in [0.05, 0.1) is 6.67 Å². The first-order valence-electron chi connectivity index (χ1n) is 6.05. The molecule has 0 spiro atoms. The third kappa shape index (κ3) is 3.06. The van der Waals surface area contributed by atoms with Crippen LogP contribution in [0.5, 0.6) is 0 Å². The highest BCUT2D eigenvalue weighted by molar-refractivity contribution is 6.30. The first-order valence-corrected chi connectivity index (χ1v) is 6.42. The molecule has 2 unspecified atom stereocenters. The zero-order valence-corrected chi connectivity index (χ0v) is 10.4. The van der Waals surface area contributed by atoms with Crippen molar-refractivity contribution in [1.29, 1.82) is 0 Å². The highest BCUT2D eigenvalue weighted by Gasteiger charge is 2.33. The van der Waals surface area contributed by atoms with Crippen molar-refractivity contribution in [2.75, 3.05) is 6.67 Å². The van der Waals surface area contributed by atoms with Gasteiger partial charge >= 0.3 is 0 Å².